The molecule has 0 spiro atoms. The first-order chi connectivity index (χ1) is 8.60. The van der Waals surface area contributed by atoms with Crippen molar-refractivity contribution in [1.82, 2.24) is 4.90 Å². The predicted molar refractivity (Wildman–Crippen MR) is 76.1 cm³/mol. The molecule has 3 rings (SSSR count). The van der Waals surface area contributed by atoms with Crippen LogP contribution in [0, 0.1) is 11.3 Å². The van der Waals surface area contributed by atoms with E-state index in [1.165, 1.54) is 17.7 Å². The van der Waals surface area contributed by atoms with E-state index >= 15 is 0 Å². The smallest absolute Gasteiger partial charge is 0.0685 e. The standard InChI is InChI=1S/C15H23NOS/c1-15(2)13(12-7-9-17-14(12)15)16(3)8-6-11-5-4-10-18-11/h4-5,10,12-14H,6-9H2,1-3H3/t12-,13+,14-/m0/s1. The number of thiophene rings is 1. The van der Waals surface area contributed by atoms with Crippen molar-refractivity contribution in [3.05, 3.63) is 22.4 Å². The minimum absolute atomic E-state index is 0.325. The zero-order chi connectivity index (χ0) is 12.8. The number of rotatable bonds is 4. The molecule has 2 heterocycles. The van der Waals surface area contributed by atoms with Crippen LogP contribution in [0.1, 0.15) is 25.1 Å². The number of hydrogen-bond donors (Lipinski definition) is 0. The summed E-state index contributed by atoms with van der Waals surface area (Å²) in [6, 6.07) is 5.09. The quantitative estimate of drug-likeness (QED) is 0.829. The van der Waals surface area contributed by atoms with E-state index in [1.54, 1.807) is 0 Å². The Morgan fingerprint density at radius 1 is 1.50 bits per heavy atom. The van der Waals surface area contributed by atoms with Gasteiger partial charge >= 0.3 is 0 Å². The Morgan fingerprint density at radius 2 is 2.33 bits per heavy atom. The van der Waals surface area contributed by atoms with Crippen molar-refractivity contribution >= 4 is 11.3 Å². The summed E-state index contributed by atoms with van der Waals surface area (Å²) in [4.78, 5) is 4.06. The normalized spacial score (nSPS) is 33.4. The van der Waals surface area contributed by atoms with Crippen molar-refractivity contribution in [3.63, 3.8) is 0 Å². The number of fused-ring (bicyclic) bond motifs is 1. The number of ether oxygens (including phenoxy) is 1. The minimum Gasteiger partial charge on any atom is -0.377 e. The Morgan fingerprint density at radius 3 is 3.06 bits per heavy atom. The number of nitrogens with zero attached hydrogens (tertiary/aromatic N) is 1. The average molecular weight is 265 g/mol. The van der Waals surface area contributed by atoms with E-state index in [0.717, 1.165) is 19.1 Å². The molecule has 2 fully saturated rings. The molecule has 0 radical (unpaired) electrons. The molecule has 1 aliphatic carbocycles. The Labute approximate surface area is 114 Å². The van der Waals surface area contributed by atoms with E-state index in [9.17, 15) is 0 Å². The summed E-state index contributed by atoms with van der Waals surface area (Å²) < 4.78 is 5.87. The Balaban J connectivity index is 1.60. The largest absolute Gasteiger partial charge is 0.377 e. The first kappa shape index (κ1) is 12.6. The summed E-state index contributed by atoms with van der Waals surface area (Å²) in [5.74, 6) is 0.772. The molecule has 0 amide bonds. The average Bonchev–Trinajstić information content (AvgIpc) is 2.95. The zero-order valence-corrected chi connectivity index (χ0v) is 12.4. The van der Waals surface area contributed by atoms with E-state index in [1.807, 2.05) is 11.3 Å². The van der Waals surface area contributed by atoms with Gasteiger partial charge in [-0.15, -0.1) is 11.3 Å². The van der Waals surface area contributed by atoms with Gasteiger partial charge in [0.2, 0.25) is 0 Å². The summed E-state index contributed by atoms with van der Waals surface area (Å²) >= 11 is 1.87. The third-order valence-corrected chi connectivity index (χ3v) is 5.74. The van der Waals surface area contributed by atoms with Gasteiger partial charge in [0.25, 0.3) is 0 Å². The molecular weight excluding hydrogens is 242 g/mol. The van der Waals surface area contributed by atoms with E-state index in [4.69, 9.17) is 4.74 Å². The Hall–Kier alpha value is -0.380. The summed E-state index contributed by atoms with van der Waals surface area (Å²) in [5, 5.41) is 2.17. The van der Waals surface area contributed by atoms with Crippen molar-refractivity contribution in [2.75, 3.05) is 20.2 Å². The monoisotopic (exact) mass is 265 g/mol. The molecule has 18 heavy (non-hydrogen) atoms. The highest BCUT2D eigenvalue weighted by Crippen LogP contribution is 2.54. The molecule has 1 aromatic heterocycles. The van der Waals surface area contributed by atoms with Gasteiger partial charge in [0, 0.05) is 35.4 Å². The van der Waals surface area contributed by atoms with Gasteiger partial charge in [-0.25, -0.2) is 0 Å². The highest BCUT2D eigenvalue weighted by atomic mass is 32.1. The summed E-state index contributed by atoms with van der Waals surface area (Å²) in [6.45, 7) is 6.86. The lowest BCUT2D eigenvalue weighted by atomic mass is 9.57. The maximum atomic E-state index is 5.87. The zero-order valence-electron chi connectivity index (χ0n) is 11.6. The second-order valence-electron chi connectivity index (χ2n) is 6.32. The molecule has 0 unspecified atom stereocenters. The van der Waals surface area contributed by atoms with Crippen LogP contribution in [0.4, 0.5) is 0 Å². The first-order valence-corrected chi connectivity index (χ1v) is 7.83. The predicted octanol–water partition coefficient (Wildman–Crippen LogP) is 3.04. The van der Waals surface area contributed by atoms with E-state index in [-0.39, 0.29) is 0 Å². The van der Waals surface area contributed by atoms with Crippen LogP contribution < -0.4 is 0 Å². The Bertz CT molecular complexity index is 401. The van der Waals surface area contributed by atoms with Crippen LogP contribution in [-0.4, -0.2) is 37.2 Å². The fraction of sp³-hybridized carbons (Fsp3) is 0.733. The van der Waals surface area contributed by atoms with Crippen molar-refractivity contribution in [1.29, 1.82) is 0 Å². The van der Waals surface area contributed by atoms with Crippen LogP contribution in [0.5, 0.6) is 0 Å². The Kier molecular flexibility index (Phi) is 3.25. The SMILES string of the molecule is CN(CCc1cccs1)[C@@H]1[C@@H]2CCO[C@@H]2C1(C)C. The summed E-state index contributed by atoms with van der Waals surface area (Å²) in [5.41, 5.74) is 0.325. The number of likely N-dealkylation sites (N-methyl/N-ethyl adjacent to an activating group) is 1. The van der Waals surface area contributed by atoms with Crippen LogP contribution in [0.2, 0.25) is 0 Å². The van der Waals surface area contributed by atoms with Crippen LogP contribution in [0.15, 0.2) is 17.5 Å². The third kappa shape index (κ3) is 1.93. The van der Waals surface area contributed by atoms with Gasteiger partial charge in [-0.05, 0) is 31.3 Å². The van der Waals surface area contributed by atoms with Crippen LogP contribution in [0.25, 0.3) is 0 Å². The van der Waals surface area contributed by atoms with Gasteiger partial charge in [0.05, 0.1) is 6.10 Å². The molecule has 0 aromatic carbocycles. The molecule has 1 aliphatic heterocycles. The van der Waals surface area contributed by atoms with Gasteiger partial charge in [0.15, 0.2) is 0 Å². The molecule has 2 aliphatic rings. The lowest BCUT2D eigenvalue weighted by molar-refractivity contribution is -0.149. The molecule has 0 N–H and O–H groups in total. The highest BCUT2D eigenvalue weighted by Gasteiger charge is 2.60. The van der Waals surface area contributed by atoms with Gasteiger partial charge in [0.1, 0.15) is 0 Å². The summed E-state index contributed by atoms with van der Waals surface area (Å²) in [7, 11) is 2.29. The van der Waals surface area contributed by atoms with Crippen LogP contribution in [0.3, 0.4) is 0 Å². The van der Waals surface area contributed by atoms with Gasteiger partial charge in [-0.1, -0.05) is 19.9 Å². The molecule has 1 saturated carbocycles. The molecule has 1 saturated heterocycles. The molecule has 2 nitrogen and oxygen atoms in total. The molecular formula is C15H23NOS. The fourth-order valence-corrected chi connectivity index (χ4v) is 4.77. The van der Waals surface area contributed by atoms with E-state index in [0.29, 0.717) is 17.6 Å². The van der Waals surface area contributed by atoms with Crippen LogP contribution in [-0.2, 0) is 11.2 Å². The molecule has 3 heteroatoms. The minimum atomic E-state index is 0.325. The van der Waals surface area contributed by atoms with Crippen LogP contribution >= 0.6 is 11.3 Å². The lowest BCUT2D eigenvalue weighted by Gasteiger charge is -2.58. The van der Waals surface area contributed by atoms with Gasteiger partial charge < -0.3 is 9.64 Å². The van der Waals surface area contributed by atoms with E-state index in [2.05, 4.69) is 43.3 Å². The second kappa shape index (κ2) is 4.62. The lowest BCUT2D eigenvalue weighted by Crippen LogP contribution is -2.66. The number of hydrogen-bond acceptors (Lipinski definition) is 3. The van der Waals surface area contributed by atoms with Gasteiger partial charge in [-0.2, -0.15) is 0 Å². The molecule has 100 valence electrons. The maximum absolute atomic E-state index is 5.87. The highest BCUT2D eigenvalue weighted by molar-refractivity contribution is 7.09. The van der Waals surface area contributed by atoms with Crippen molar-refractivity contribution in [2.24, 2.45) is 11.3 Å². The topological polar surface area (TPSA) is 12.5 Å². The summed E-state index contributed by atoms with van der Waals surface area (Å²) in [6.07, 6.45) is 2.94. The van der Waals surface area contributed by atoms with Crippen molar-refractivity contribution in [2.45, 2.75) is 38.8 Å². The third-order valence-electron chi connectivity index (χ3n) is 4.80. The maximum Gasteiger partial charge on any atom is 0.0685 e. The molecule has 3 atom stereocenters. The first-order valence-electron chi connectivity index (χ1n) is 6.95. The molecule has 0 bridgehead atoms. The fourth-order valence-electron chi connectivity index (χ4n) is 4.07. The molecule has 1 aromatic rings. The van der Waals surface area contributed by atoms with Crippen molar-refractivity contribution < 1.29 is 4.74 Å². The second-order valence-corrected chi connectivity index (χ2v) is 7.35. The van der Waals surface area contributed by atoms with Gasteiger partial charge in [-0.3, -0.25) is 0 Å². The van der Waals surface area contributed by atoms with Crippen molar-refractivity contribution in [3.8, 4) is 0 Å². The van der Waals surface area contributed by atoms with E-state index < -0.39 is 0 Å².